The van der Waals surface area contributed by atoms with E-state index in [-0.39, 0.29) is 22.6 Å². The Morgan fingerprint density at radius 1 is 0.926 bits per heavy atom. The van der Waals surface area contributed by atoms with Gasteiger partial charge in [-0.25, -0.2) is 4.79 Å². The van der Waals surface area contributed by atoms with Crippen LogP contribution in [0.4, 0.5) is 0 Å². The largest absolute Gasteiger partial charge is 0.507 e. The first-order valence-electron chi connectivity index (χ1n) is 9.04. The molecule has 0 atom stereocenters. The van der Waals surface area contributed by atoms with Gasteiger partial charge >= 0.3 is 5.63 Å². The molecular weight excluding hydrogens is 346 g/mol. The molecule has 1 aliphatic heterocycles. The number of likely N-dealkylation sites (tertiary alicyclic amines) is 1. The summed E-state index contributed by atoms with van der Waals surface area (Å²) in [5, 5.41) is 11.6. The number of nitrogens with zero attached hydrogens (tertiary/aromatic N) is 1. The van der Waals surface area contributed by atoms with E-state index in [0.717, 1.165) is 19.3 Å². The highest BCUT2D eigenvalue weighted by Crippen LogP contribution is 2.37. The van der Waals surface area contributed by atoms with Crippen LogP contribution in [-0.2, 0) is 0 Å². The first kappa shape index (κ1) is 15.9. The van der Waals surface area contributed by atoms with Crippen LogP contribution in [0, 0.1) is 0 Å². The summed E-state index contributed by atoms with van der Waals surface area (Å²) in [5.74, 6) is -0.443. The van der Waals surface area contributed by atoms with Crippen molar-refractivity contribution in [3.63, 3.8) is 0 Å². The van der Waals surface area contributed by atoms with Crippen LogP contribution in [0.2, 0.25) is 0 Å². The third kappa shape index (κ3) is 2.33. The van der Waals surface area contributed by atoms with Crippen molar-refractivity contribution in [3.8, 4) is 5.75 Å². The fourth-order valence-corrected chi connectivity index (χ4v) is 3.93. The van der Waals surface area contributed by atoms with Gasteiger partial charge < -0.3 is 18.8 Å². The zero-order valence-corrected chi connectivity index (χ0v) is 14.5. The zero-order valence-electron chi connectivity index (χ0n) is 14.5. The van der Waals surface area contributed by atoms with Gasteiger partial charge in [-0.2, -0.15) is 0 Å². The fraction of sp³-hybridized carbons (Fsp3) is 0.238. The summed E-state index contributed by atoms with van der Waals surface area (Å²) < 4.78 is 11.4. The van der Waals surface area contributed by atoms with Crippen LogP contribution in [0.3, 0.4) is 0 Å². The average Bonchev–Trinajstić information content (AvgIpc) is 3.09. The van der Waals surface area contributed by atoms with Crippen LogP contribution in [0.5, 0.6) is 5.75 Å². The lowest BCUT2D eigenvalue weighted by Crippen LogP contribution is -2.35. The molecule has 2 aromatic carbocycles. The van der Waals surface area contributed by atoms with E-state index in [2.05, 4.69) is 0 Å². The molecule has 0 unspecified atom stereocenters. The van der Waals surface area contributed by atoms with E-state index in [9.17, 15) is 14.7 Å². The van der Waals surface area contributed by atoms with Gasteiger partial charge in [-0.05, 0) is 43.5 Å². The maximum Gasteiger partial charge on any atom is 0.348 e. The lowest BCUT2D eigenvalue weighted by atomic mass is 10.0. The van der Waals surface area contributed by atoms with Crippen molar-refractivity contribution in [1.82, 2.24) is 4.90 Å². The molecule has 0 spiro atoms. The maximum atomic E-state index is 13.1. The number of carbonyl (C=O) groups excluding carboxylic acids is 1. The molecule has 5 rings (SSSR count). The summed E-state index contributed by atoms with van der Waals surface area (Å²) in [6.07, 6.45) is 2.95. The number of phenols is 1. The van der Waals surface area contributed by atoms with Crippen molar-refractivity contribution >= 4 is 38.8 Å². The predicted molar refractivity (Wildman–Crippen MR) is 101 cm³/mol. The van der Waals surface area contributed by atoms with Crippen LogP contribution in [-0.4, -0.2) is 29.0 Å². The first-order valence-corrected chi connectivity index (χ1v) is 9.04. The summed E-state index contributed by atoms with van der Waals surface area (Å²) >= 11 is 0. The molecule has 1 aliphatic rings. The summed E-state index contributed by atoms with van der Waals surface area (Å²) in [5.41, 5.74) is 0.695. The number of rotatable bonds is 1. The molecule has 6 nitrogen and oxygen atoms in total. The number of furan rings is 1. The number of piperidine rings is 1. The number of phenolic OH excluding ortho intramolecular Hbond substituents is 1. The zero-order chi connectivity index (χ0) is 18.5. The van der Waals surface area contributed by atoms with Gasteiger partial charge in [0.1, 0.15) is 22.3 Å². The third-order valence-corrected chi connectivity index (χ3v) is 5.23. The Bertz CT molecular complexity index is 1260. The highest BCUT2D eigenvalue weighted by molar-refractivity contribution is 6.20. The number of carbonyl (C=O) groups is 1. The molecule has 6 heteroatoms. The Balaban J connectivity index is 1.87. The minimum absolute atomic E-state index is 0.107. The van der Waals surface area contributed by atoms with Crippen molar-refractivity contribution in [3.05, 3.63) is 52.4 Å². The normalized spacial score (nSPS) is 15.0. The van der Waals surface area contributed by atoms with Crippen molar-refractivity contribution in [1.29, 1.82) is 0 Å². The fourth-order valence-electron chi connectivity index (χ4n) is 3.93. The molecule has 0 bridgehead atoms. The van der Waals surface area contributed by atoms with Crippen LogP contribution in [0.15, 0.2) is 50.0 Å². The standard InChI is InChI=1S/C21H17NO5/c23-13-8-9-15-17(16(13)20(24)22-10-4-1-5-11-22)18-19(26-15)12-6-2-3-7-14(12)27-21(18)25/h2-3,6-9,23H,1,4-5,10-11H2. The molecule has 1 fully saturated rings. The minimum atomic E-state index is -0.583. The molecule has 136 valence electrons. The molecule has 3 heterocycles. The average molecular weight is 363 g/mol. The first-order chi connectivity index (χ1) is 13.1. The van der Waals surface area contributed by atoms with E-state index < -0.39 is 5.63 Å². The monoisotopic (exact) mass is 363 g/mol. The molecule has 1 amide bonds. The molecule has 4 aromatic rings. The summed E-state index contributed by atoms with van der Waals surface area (Å²) in [6, 6.07) is 10.1. The lowest BCUT2D eigenvalue weighted by molar-refractivity contribution is 0.0723. The van der Waals surface area contributed by atoms with Crippen molar-refractivity contribution in [2.24, 2.45) is 0 Å². The van der Waals surface area contributed by atoms with Gasteiger partial charge in [-0.15, -0.1) is 0 Å². The second-order valence-corrected chi connectivity index (χ2v) is 6.88. The van der Waals surface area contributed by atoms with E-state index >= 15 is 0 Å². The van der Waals surface area contributed by atoms with Gasteiger partial charge in [0.25, 0.3) is 5.91 Å². The van der Waals surface area contributed by atoms with Gasteiger partial charge in [0.05, 0.1) is 16.3 Å². The minimum Gasteiger partial charge on any atom is -0.507 e. The van der Waals surface area contributed by atoms with Gasteiger partial charge in [-0.1, -0.05) is 12.1 Å². The summed E-state index contributed by atoms with van der Waals surface area (Å²) in [4.78, 5) is 27.6. The number of benzene rings is 2. The van der Waals surface area contributed by atoms with E-state index in [1.165, 1.54) is 6.07 Å². The summed E-state index contributed by atoms with van der Waals surface area (Å²) in [6.45, 7) is 1.28. The number of para-hydroxylation sites is 1. The Morgan fingerprint density at radius 3 is 2.52 bits per heavy atom. The molecule has 1 N–H and O–H groups in total. The smallest absolute Gasteiger partial charge is 0.348 e. The number of aromatic hydroxyl groups is 1. The Hall–Kier alpha value is -3.28. The topological polar surface area (TPSA) is 83.9 Å². The molecule has 0 radical (unpaired) electrons. The van der Waals surface area contributed by atoms with Crippen molar-refractivity contribution in [2.45, 2.75) is 19.3 Å². The number of fused-ring (bicyclic) bond motifs is 5. The molecule has 1 saturated heterocycles. The number of hydrogen-bond acceptors (Lipinski definition) is 5. The van der Waals surface area contributed by atoms with E-state index in [4.69, 9.17) is 8.83 Å². The van der Waals surface area contributed by atoms with Crippen LogP contribution in [0.1, 0.15) is 29.6 Å². The SMILES string of the molecule is O=C(c1c(O)ccc2oc3c4ccccc4oc(=O)c3c12)N1CCCCC1. The quantitative estimate of drug-likeness (QED) is 0.516. The molecule has 2 aromatic heterocycles. The molecule has 0 saturated carbocycles. The molecular formula is C21H17NO5. The van der Waals surface area contributed by atoms with Crippen LogP contribution in [0.25, 0.3) is 32.9 Å². The summed E-state index contributed by atoms with van der Waals surface area (Å²) in [7, 11) is 0. The Kier molecular flexibility index (Phi) is 3.47. The van der Waals surface area contributed by atoms with E-state index in [1.54, 1.807) is 29.2 Å². The second kappa shape index (κ2) is 5.87. The molecule has 27 heavy (non-hydrogen) atoms. The van der Waals surface area contributed by atoms with Crippen LogP contribution < -0.4 is 5.63 Å². The molecule has 0 aliphatic carbocycles. The van der Waals surface area contributed by atoms with E-state index in [0.29, 0.717) is 40.6 Å². The van der Waals surface area contributed by atoms with Gasteiger partial charge in [0, 0.05) is 13.1 Å². The van der Waals surface area contributed by atoms with Crippen LogP contribution >= 0.6 is 0 Å². The lowest BCUT2D eigenvalue weighted by Gasteiger charge is -2.27. The van der Waals surface area contributed by atoms with E-state index in [1.807, 2.05) is 6.07 Å². The Morgan fingerprint density at radius 2 is 1.70 bits per heavy atom. The number of hydrogen-bond donors (Lipinski definition) is 1. The maximum absolute atomic E-state index is 13.1. The highest BCUT2D eigenvalue weighted by Gasteiger charge is 2.27. The third-order valence-electron chi connectivity index (χ3n) is 5.23. The number of amides is 1. The highest BCUT2D eigenvalue weighted by atomic mass is 16.4. The van der Waals surface area contributed by atoms with Crippen molar-refractivity contribution in [2.75, 3.05) is 13.1 Å². The van der Waals surface area contributed by atoms with Gasteiger partial charge in [0.15, 0.2) is 5.58 Å². The predicted octanol–water partition coefficient (Wildman–Crippen LogP) is 4.02. The van der Waals surface area contributed by atoms with Gasteiger partial charge in [-0.3, -0.25) is 4.79 Å². The second-order valence-electron chi connectivity index (χ2n) is 6.88. The van der Waals surface area contributed by atoms with Gasteiger partial charge in [0.2, 0.25) is 0 Å². The van der Waals surface area contributed by atoms with Crippen molar-refractivity contribution < 1.29 is 18.7 Å². The Labute approximate surface area is 153 Å².